The Morgan fingerprint density at radius 3 is 3.06 bits per heavy atom. The predicted octanol–water partition coefficient (Wildman–Crippen LogP) is 2.42. The molecule has 0 unspecified atom stereocenters. The first-order valence-electron chi connectivity index (χ1n) is 5.07. The molecule has 0 aromatic carbocycles. The molecule has 0 atom stereocenters. The Hall–Kier alpha value is -1.29. The van der Waals surface area contributed by atoms with Crippen molar-refractivity contribution in [3.8, 4) is 0 Å². The van der Waals surface area contributed by atoms with E-state index in [0.717, 1.165) is 17.3 Å². The highest BCUT2D eigenvalue weighted by atomic mass is 32.2. The van der Waals surface area contributed by atoms with Crippen molar-refractivity contribution in [1.29, 1.82) is 0 Å². The van der Waals surface area contributed by atoms with E-state index < -0.39 is 0 Å². The summed E-state index contributed by atoms with van der Waals surface area (Å²) in [6.45, 7) is 5.20. The molecule has 1 rings (SSSR count). The lowest BCUT2D eigenvalue weighted by molar-refractivity contribution is 0.573. The Kier molecular flexibility index (Phi) is 5.64. The molecule has 16 heavy (non-hydrogen) atoms. The van der Waals surface area contributed by atoms with Gasteiger partial charge < -0.3 is 4.90 Å². The number of pyridine rings is 1. The number of likely N-dealkylation sites (N-methyl/N-ethyl adjacent to an activating group) is 1. The van der Waals surface area contributed by atoms with E-state index in [-0.39, 0.29) is 0 Å². The molecule has 0 saturated heterocycles. The van der Waals surface area contributed by atoms with E-state index >= 15 is 0 Å². The van der Waals surface area contributed by atoms with Crippen LogP contribution in [0.1, 0.15) is 5.56 Å². The maximum absolute atomic E-state index is 4.55. The monoisotopic (exact) mass is 235 g/mol. The Morgan fingerprint density at radius 1 is 1.69 bits per heavy atom. The fourth-order valence-electron chi connectivity index (χ4n) is 1.26. The van der Waals surface area contributed by atoms with Crippen LogP contribution in [-0.4, -0.2) is 34.9 Å². The summed E-state index contributed by atoms with van der Waals surface area (Å²) in [4.78, 5) is 10.7. The van der Waals surface area contributed by atoms with Crippen molar-refractivity contribution in [2.45, 2.75) is 6.54 Å². The average Bonchev–Trinajstić information content (AvgIpc) is 2.31. The van der Waals surface area contributed by atoms with Crippen molar-refractivity contribution in [2.75, 3.05) is 19.8 Å². The summed E-state index contributed by atoms with van der Waals surface area (Å²) in [5.74, 6) is 0. The molecule has 0 bridgehead atoms. The lowest BCUT2D eigenvalue weighted by Crippen LogP contribution is -2.24. The summed E-state index contributed by atoms with van der Waals surface area (Å²) < 4.78 is 0. The van der Waals surface area contributed by atoms with Gasteiger partial charge in [-0.15, -0.1) is 6.58 Å². The normalized spacial score (nSPS) is 11.2. The minimum Gasteiger partial charge on any atom is -0.351 e. The predicted molar refractivity (Wildman–Crippen MR) is 71.7 cm³/mol. The minimum absolute atomic E-state index is 0.672. The van der Waals surface area contributed by atoms with Crippen molar-refractivity contribution in [3.05, 3.63) is 42.7 Å². The summed E-state index contributed by atoms with van der Waals surface area (Å²) in [6.07, 6.45) is 7.51. The van der Waals surface area contributed by atoms with Gasteiger partial charge in [0.2, 0.25) is 0 Å². The molecule has 0 spiro atoms. The van der Waals surface area contributed by atoms with Crippen LogP contribution in [0.5, 0.6) is 0 Å². The van der Waals surface area contributed by atoms with Crippen molar-refractivity contribution in [1.82, 2.24) is 9.88 Å². The molecule has 1 aromatic rings. The van der Waals surface area contributed by atoms with Gasteiger partial charge in [-0.2, -0.15) is 0 Å². The SMILES string of the molecule is C=CCN(C)C(=NCc1cccnc1)SC. The number of amidine groups is 1. The van der Waals surface area contributed by atoms with Crippen molar-refractivity contribution >= 4 is 16.9 Å². The standard InChI is InChI=1S/C12H17N3S/c1-4-8-15(2)12(16-3)14-10-11-6-5-7-13-9-11/h4-7,9H,1,8,10H2,2-3H3. The molecule has 0 radical (unpaired) electrons. The smallest absolute Gasteiger partial charge is 0.159 e. The highest BCUT2D eigenvalue weighted by Crippen LogP contribution is 2.06. The lowest BCUT2D eigenvalue weighted by Gasteiger charge is -2.17. The van der Waals surface area contributed by atoms with Crippen LogP contribution in [0, 0.1) is 0 Å². The average molecular weight is 235 g/mol. The van der Waals surface area contributed by atoms with Crippen LogP contribution in [-0.2, 0) is 6.54 Å². The molecule has 0 fully saturated rings. The van der Waals surface area contributed by atoms with Crippen LogP contribution in [0.15, 0.2) is 42.2 Å². The van der Waals surface area contributed by atoms with Gasteiger partial charge in [0.15, 0.2) is 5.17 Å². The van der Waals surface area contributed by atoms with Gasteiger partial charge in [-0.05, 0) is 17.9 Å². The molecular weight excluding hydrogens is 218 g/mol. The van der Waals surface area contributed by atoms with E-state index in [4.69, 9.17) is 0 Å². The Bertz CT molecular complexity index is 349. The third-order valence-electron chi connectivity index (χ3n) is 2.03. The topological polar surface area (TPSA) is 28.5 Å². The molecule has 0 saturated carbocycles. The molecule has 1 aromatic heterocycles. The zero-order valence-corrected chi connectivity index (χ0v) is 10.6. The van der Waals surface area contributed by atoms with E-state index in [9.17, 15) is 0 Å². The van der Waals surface area contributed by atoms with Gasteiger partial charge in [-0.25, -0.2) is 0 Å². The summed E-state index contributed by atoms with van der Waals surface area (Å²) in [7, 11) is 2.01. The molecule has 86 valence electrons. The number of thioether (sulfide) groups is 1. The van der Waals surface area contributed by atoms with Crippen LogP contribution in [0.2, 0.25) is 0 Å². The van der Waals surface area contributed by atoms with Gasteiger partial charge in [0.25, 0.3) is 0 Å². The second-order valence-corrected chi connectivity index (χ2v) is 4.11. The summed E-state index contributed by atoms with van der Waals surface area (Å²) in [5, 5.41) is 1.02. The van der Waals surface area contributed by atoms with Crippen LogP contribution >= 0.6 is 11.8 Å². The third-order valence-corrected chi connectivity index (χ3v) is 2.84. The van der Waals surface area contributed by atoms with Gasteiger partial charge in [-0.3, -0.25) is 9.98 Å². The maximum atomic E-state index is 4.55. The molecule has 4 heteroatoms. The summed E-state index contributed by atoms with van der Waals surface area (Å²) in [6, 6.07) is 3.96. The van der Waals surface area contributed by atoms with E-state index in [1.807, 2.05) is 37.7 Å². The van der Waals surface area contributed by atoms with E-state index in [0.29, 0.717) is 6.54 Å². The Labute approximate surface area is 101 Å². The largest absolute Gasteiger partial charge is 0.351 e. The van der Waals surface area contributed by atoms with Crippen LogP contribution in [0.25, 0.3) is 0 Å². The maximum Gasteiger partial charge on any atom is 0.159 e. The van der Waals surface area contributed by atoms with Crippen molar-refractivity contribution < 1.29 is 0 Å². The number of hydrogen-bond acceptors (Lipinski definition) is 3. The second-order valence-electron chi connectivity index (χ2n) is 3.33. The van der Waals surface area contributed by atoms with Gasteiger partial charge in [0, 0.05) is 26.0 Å². The molecule has 0 aliphatic heterocycles. The van der Waals surface area contributed by atoms with Gasteiger partial charge in [0.1, 0.15) is 0 Å². The molecule has 0 aliphatic rings. The lowest BCUT2D eigenvalue weighted by atomic mass is 10.3. The molecule has 1 heterocycles. The first-order valence-corrected chi connectivity index (χ1v) is 6.29. The highest BCUT2D eigenvalue weighted by Gasteiger charge is 2.02. The number of rotatable bonds is 4. The number of aromatic nitrogens is 1. The van der Waals surface area contributed by atoms with Crippen LogP contribution in [0.3, 0.4) is 0 Å². The second kappa shape index (κ2) is 7.06. The molecule has 3 nitrogen and oxygen atoms in total. The van der Waals surface area contributed by atoms with Crippen LogP contribution < -0.4 is 0 Å². The van der Waals surface area contributed by atoms with E-state index in [2.05, 4.69) is 21.5 Å². The van der Waals surface area contributed by atoms with Gasteiger partial charge >= 0.3 is 0 Å². The first-order chi connectivity index (χ1) is 7.77. The summed E-state index contributed by atoms with van der Waals surface area (Å²) in [5.41, 5.74) is 1.13. The number of aliphatic imine (C=N–C) groups is 1. The molecular formula is C12H17N3S. The third kappa shape index (κ3) is 4.06. The number of nitrogens with zero attached hydrogens (tertiary/aromatic N) is 3. The van der Waals surface area contributed by atoms with Gasteiger partial charge in [0.05, 0.1) is 6.54 Å². The zero-order chi connectivity index (χ0) is 11.8. The van der Waals surface area contributed by atoms with E-state index in [1.54, 1.807) is 18.0 Å². The molecule has 0 aliphatic carbocycles. The van der Waals surface area contributed by atoms with Crippen LogP contribution in [0.4, 0.5) is 0 Å². The first kappa shape index (κ1) is 12.8. The van der Waals surface area contributed by atoms with Gasteiger partial charge in [-0.1, -0.05) is 23.9 Å². The quantitative estimate of drug-likeness (QED) is 0.456. The zero-order valence-electron chi connectivity index (χ0n) is 9.76. The summed E-state index contributed by atoms with van der Waals surface area (Å²) >= 11 is 1.64. The fraction of sp³-hybridized carbons (Fsp3) is 0.333. The minimum atomic E-state index is 0.672. The number of hydrogen-bond donors (Lipinski definition) is 0. The highest BCUT2D eigenvalue weighted by molar-refractivity contribution is 8.13. The van der Waals surface area contributed by atoms with E-state index in [1.165, 1.54) is 0 Å². The van der Waals surface area contributed by atoms with Crippen molar-refractivity contribution in [2.24, 2.45) is 4.99 Å². The Balaban J connectivity index is 2.63. The fourth-order valence-corrected chi connectivity index (χ4v) is 1.84. The van der Waals surface area contributed by atoms with Crippen molar-refractivity contribution in [3.63, 3.8) is 0 Å². The Morgan fingerprint density at radius 2 is 2.50 bits per heavy atom. The molecule has 0 amide bonds. The molecule has 0 N–H and O–H groups in total.